The van der Waals surface area contributed by atoms with Gasteiger partial charge in [0.05, 0.1) is 5.69 Å². The van der Waals surface area contributed by atoms with E-state index in [9.17, 15) is 0 Å². The molecule has 1 N–H and O–H groups in total. The van der Waals surface area contributed by atoms with E-state index in [0.717, 1.165) is 31.6 Å². The number of aromatic nitrogens is 2. The Labute approximate surface area is 83.7 Å². The molecule has 0 bridgehead atoms. The summed E-state index contributed by atoms with van der Waals surface area (Å²) in [4.78, 5) is 0. The first kappa shape index (κ1) is 9.40. The zero-order chi connectivity index (χ0) is 9.80. The Morgan fingerprint density at radius 2 is 2.07 bits per heavy atom. The summed E-state index contributed by atoms with van der Waals surface area (Å²) >= 11 is 0. The molecule has 0 saturated carbocycles. The number of aryl methyl sites for hydroxylation is 1. The lowest BCUT2D eigenvalue weighted by atomic mass is 10.1. The van der Waals surface area contributed by atoms with Crippen LogP contribution in [0.25, 0.3) is 0 Å². The van der Waals surface area contributed by atoms with E-state index < -0.39 is 0 Å². The second kappa shape index (κ2) is 4.37. The number of nitrogens with zero attached hydrogens (tertiary/aromatic N) is 2. The van der Waals surface area contributed by atoms with Crippen LogP contribution in [0.1, 0.15) is 18.5 Å². The average Bonchev–Trinajstić information content (AvgIpc) is 2.23. The van der Waals surface area contributed by atoms with Crippen LogP contribution in [0.3, 0.4) is 0 Å². The van der Waals surface area contributed by atoms with Gasteiger partial charge in [-0.2, -0.15) is 5.10 Å². The van der Waals surface area contributed by atoms with Gasteiger partial charge in [-0.25, -0.2) is 0 Å². The number of hydrogen-bond acceptors (Lipinski definition) is 4. The van der Waals surface area contributed by atoms with Gasteiger partial charge in [0.1, 0.15) is 6.10 Å². The molecule has 1 saturated heterocycles. The second-order valence-electron chi connectivity index (χ2n) is 3.58. The third kappa shape index (κ3) is 2.42. The van der Waals surface area contributed by atoms with E-state index in [1.165, 1.54) is 0 Å². The summed E-state index contributed by atoms with van der Waals surface area (Å²) in [6, 6.07) is 3.80. The maximum Gasteiger partial charge on any atom is 0.233 e. The summed E-state index contributed by atoms with van der Waals surface area (Å²) in [5.41, 5.74) is 0.919. The van der Waals surface area contributed by atoms with Crippen LogP contribution in [0.2, 0.25) is 0 Å². The highest BCUT2D eigenvalue weighted by Crippen LogP contribution is 2.12. The highest BCUT2D eigenvalue weighted by molar-refractivity contribution is 5.10. The van der Waals surface area contributed by atoms with Gasteiger partial charge in [0, 0.05) is 6.07 Å². The van der Waals surface area contributed by atoms with Crippen molar-refractivity contribution in [3.63, 3.8) is 0 Å². The van der Waals surface area contributed by atoms with Crippen LogP contribution in [0.5, 0.6) is 5.88 Å². The number of nitrogens with one attached hydrogen (secondary N) is 1. The highest BCUT2D eigenvalue weighted by atomic mass is 16.5. The van der Waals surface area contributed by atoms with Crippen molar-refractivity contribution >= 4 is 0 Å². The fourth-order valence-corrected chi connectivity index (χ4v) is 1.53. The smallest absolute Gasteiger partial charge is 0.233 e. The molecular weight excluding hydrogens is 178 g/mol. The molecule has 1 aromatic heterocycles. The monoisotopic (exact) mass is 193 g/mol. The Kier molecular flexibility index (Phi) is 2.93. The number of rotatable bonds is 2. The quantitative estimate of drug-likeness (QED) is 0.758. The first-order valence-electron chi connectivity index (χ1n) is 5.02. The molecule has 14 heavy (non-hydrogen) atoms. The molecule has 1 aliphatic heterocycles. The Morgan fingerprint density at radius 3 is 2.71 bits per heavy atom. The molecule has 1 fully saturated rings. The van der Waals surface area contributed by atoms with Crippen LogP contribution >= 0.6 is 0 Å². The zero-order valence-electron chi connectivity index (χ0n) is 8.36. The Balaban J connectivity index is 1.92. The van der Waals surface area contributed by atoms with Crippen LogP contribution in [-0.2, 0) is 0 Å². The summed E-state index contributed by atoms with van der Waals surface area (Å²) in [5, 5.41) is 11.2. The lowest BCUT2D eigenvalue weighted by Gasteiger charge is -2.22. The third-order valence-electron chi connectivity index (χ3n) is 2.35. The number of hydrogen-bond donors (Lipinski definition) is 1. The normalized spacial score (nSPS) is 18.1. The second-order valence-corrected chi connectivity index (χ2v) is 3.58. The van der Waals surface area contributed by atoms with Crippen molar-refractivity contribution < 1.29 is 4.74 Å². The fraction of sp³-hybridized carbons (Fsp3) is 0.600. The van der Waals surface area contributed by atoms with Gasteiger partial charge in [0.15, 0.2) is 0 Å². The summed E-state index contributed by atoms with van der Waals surface area (Å²) in [7, 11) is 0. The van der Waals surface area contributed by atoms with Gasteiger partial charge in [-0.3, -0.25) is 0 Å². The maximum atomic E-state index is 5.70. The minimum absolute atomic E-state index is 0.299. The molecule has 1 aromatic rings. The summed E-state index contributed by atoms with van der Waals surface area (Å²) in [5.74, 6) is 0.641. The topological polar surface area (TPSA) is 47.0 Å². The van der Waals surface area contributed by atoms with Gasteiger partial charge in [-0.15, -0.1) is 5.10 Å². The zero-order valence-corrected chi connectivity index (χ0v) is 8.36. The molecular formula is C10H15N3O. The van der Waals surface area contributed by atoms with Gasteiger partial charge in [0.2, 0.25) is 5.88 Å². The van der Waals surface area contributed by atoms with Crippen LogP contribution < -0.4 is 10.1 Å². The van der Waals surface area contributed by atoms with Gasteiger partial charge in [-0.05, 0) is 38.9 Å². The molecule has 0 atom stereocenters. The van der Waals surface area contributed by atoms with E-state index in [2.05, 4.69) is 15.5 Å². The summed E-state index contributed by atoms with van der Waals surface area (Å²) in [6.07, 6.45) is 2.40. The number of ether oxygens (including phenoxy) is 1. The molecule has 76 valence electrons. The molecule has 0 aliphatic carbocycles. The van der Waals surface area contributed by atoms with Crippen LogP contribution in [0, 0.1) is 6.92 Å². The van der Waals surface area contributed by atoms with Crippen molar-refractivity contribution in [2.24, 2.45) is 0 Å². The largest absolute Gasteiger partial charge is 0.473 e. The van der Waals surface area contributed by atoms with Gasteiger partial charge in [0.25, 0.3) is 0 Å². The Bertz CT molecular complexity index is 280. The SMILES string of the molecule is Cc1ccc(OC2CCNCC2)nn1. The maximum absolute atomic E-state index is 5.70. The summed E-state index contributed by atoms with van der Waals surface area (Å²) in [6.45, 7) is 3.98. The van der Waals surface area contributed by atoms with Gasteiger partial charge >= 0.3 is 0 Å². The summed E-state index contributed by atoms with van der Waals surface area (Å²) < 4.78 is 5.70. The Hall–Kier alpha value is -1.16. The predicted molar refractivity (Wildman–Crippen MR) is 53.3 cm³/mol. The number of piperidine rings is 1. The molecule has 0 radical (unpaired) electrons. The molecule has 0 amide bonds. The fourth-order valence-electron chi connectivity index (χ4n) is 1.53. The van der Waals surface area contributed by atoms with Crippen LogP contribution in [0.15, 0.2) is 12.1 Å². The Morgan fingerprint density at radius 1 is 1.29 bits per heavy atom. The standard InChI is InChI=1S/C10H15N3O/c1-8-2-3-10(13-12-8)14-9-4-6-11-7-5-9/h2-3,9,11H,4-7H2,1H3. The first-order valence-corrected chi connectivity index (χ1v) is 5.02. The van der Waals surface area contributed by atoms with E-state index in [1.54, 1.807) is 0 Å². The average molecular weight is 193 g/mol. The molecule has 2 rings (SSSR count). The van der Waals surface area contributed by atoms with Gasteiger partial charge in [-0.1, -0.05) is 0 Å². The van der Waals surface area contributed by atoms with E-state index in [1.807, 2.05) is 19.1 Å². The highest BCUT2D eigenvalue weighted by Gasteiger charge is 2.14. The van der Waals surface area contributed by atoms with Crippen molar-refractivity contribution in [2.75, 3.05) is 13.1 Å². The van der Waals surface area contributed by atoms with Crippen LogP contribution in [0.4, 0.5) is 0 Å². The lowest BCUT2D eigenvalue weighted by Crippen LogP contribution is -2.34. The van der Waals surface area contributed by atoms with E-state index >= 15 is 0 Å². The van der Waals surface area contributed by atoms with Crippen molar-refractivity contribution in [1.82, 2.24) is 15.5 Å². The minimum Gasteiger partial charge on any atom is -0.473 e. The van der Waals surface area contributed by atoms with Gasteiger partial charge < -0.3 is 10.1 Å². The van der Waals surface area contributed by atoms with Crippen LogP contribution in [-0.4, -0.2) is 29.4 Å². The lowest BCUT2D eigenvalue weighted by molar-refractivity contribution is 0.154. The van der Waals surface area contributed by atoms with E-state index in [0.29, 0.717) is 12.0 Å². The first-order chi connectivity index (χ1) is 6.84. The van der Waals surface area contributed by atoms with E-state index in [4.69, 9.17) is 4.74 Å². The van der Waals surface area contributed by atoms with E-state index in [-0.39, 0.29) is 0 Å². The molecule has 4 nitrogen and oxygen atoms in total. The van der Waals surface area contributed by atoms with Crippen molar-refractivity contribution in [3.05, 3.63) is 17.8 Å². The molecule has 0 unspecified atom stereocenters. The third-order valence-corrected chi connectivity index (χ3v) is 2.35. The molecule has 4 heteroatoms. The minimum atomic E-state index is 0.299. The van der Waals surface area contributed by atoms with Crippen molar-refractivity contribution in [1.29, 1.82) is 0 Å². The predicted octanol–water partition coefficient (Wildman–Crippen LogP) is 0.916. The van der Waals surface area contributed by atoms with Crippen molar-refractivity contribution in [3.8, 4) is 5.88 Å². The molecule has 0 aromatic carbocycles. The molecule has 2 heterocycles. The molecule has 1 aliphatic rings. The molecule has 0 spiro atoms. The van der Waals surface area contributed by atoms with Crippen molar-refractivity contribution in [2.45, 2.75) is 25.9 Å².